The van der Waals surface area contributed by atoms with Crippen LogP contribution < -0.4 is 20.7 Å². The molecule has 0 bridgehead atoms. The lowest BCUT2D eigenvalue weighted by Crippen LogP contribution is -2.74. The summed E-state index contributed by atoms with van der Waals surface area (Å²) in [5.74, 6) is 0.159. The molecule has 164 valence electrons. The summed E-state index contributed by atoms with van der Waals surface area (Å²) in [5, 5.41) is 14.4. The molecular weight excluding hydrogens is 444 g/mol. The predicted molar refractivity (Wildman–Crippen MR) is 142 cm³/mol. The molecule has 1 aromatic heterocycles. The highest BCUT2D eigenvalue weighted by atomic mass is 28.3. The summed E-state index contributed by atoms with van der Waals surface area (Å²) < 4.78 is 0. The minimum atomic E-state index is -2.68. The van der Waals surface area contributed by atoms with Gasteiger partial charge in [-0.15, -0.1) is 0 Å². The quantitative estimate of drug-likeness (QED) is 0.225. The van der Waals surface area contributed by atoms with Crippen molar-refractivity contribution < 1.29 is 0 Å². The van der Waals surface area contributed by atoms with Crippen molar-refractivity contribution in [1.29, 1.82) is 5.26 Å². The molecule has 4 nitrogen and oxygen atoms in total. The molecule has 0 atom stereocenters. The van der Waals surface area contributed by atoms with Crippen LogP contribution >= 0.6 is 0 Å². The number of rotatable bonds is 5. The lowest BCUT2D eigenvalue weighted by atomic mass is 10.1. The van der Waals surface area contributed by atoms with E-state index in [0.717, 1.165) is 5.56 Å². The van der Waals surface area contributed by atoms with Crippen LogP contribution in [0.2, 0.25) is 0 Å². The van der Waals surface area contributed by atoms with Crippen LogP contribution in [-0.4, -0.2) is 18.0 Å². The number of hydrogen-bond acceptors (Lipinski definition) is 3. The van der Waals surface area contributed by atoms with Crippen LogP contribution in [0.1, 0.15) is 5.82 Å². The van der Waals surface area contributed by atoms with Crippen molar-refractivity contribution in [2.45, 2.75) is 0 Å². The van der Waals surface area contributed by atoms with Gasteiger partial charge in [0.05, 0.1) is 5.69 Å². The van der Waals surface area contributed by atoms with Crippen LogP contribution in [0.15, 0.2) is 121 Å². The van der Waals surface area contributed by atoms with Crippen LogP contribution in [-0.2, 0) is 0 Å². The maximum Gasteiger partial charge on any atom is 0.326 e. The molecule has 0 radical (unpaired) electrons. The maximum absolute atomic E-state index is 9.39. The van der Waals surface area contributed by atoms with E-state index in [4.69, 9.17) is 6.57 Å². The van der Waals surface area contributed by atoms with E-state index in [1.54, 1.807) is 6.07 Å². The van der Waals surface area contributed by atoms with Crippen LogP contribution in [0.4, 0.5) is 5.82 Å². The van der Waals surface area contributed by atoms with Crippen molar-refractivity contribution in [3.05, 3.63) is 139 Å². The Morgan fingerprint density at radius 1 is 0.629 bits per heavy atom. The molecule has 5 aromatic rings. The Labute approximate surface area is 205 Å². The molecule has 4 aromatic carbocycles. The monoisotopic (exact) mass is 464 g/mol. The number of aromatic nitrogens is 2. The first-order chi connectivity index (χ1) is 17.3. The van der Waals surface area contributed by atoms with E-state index in [9.17, 15) is 5.26 Å². The summed E-state index contributed by atoms with van der Waals surface area (Å²) in [6.45, 7) is 7.39. The third-order valence-corrected chi connectivity index (χ3v) is 10.9. The molecule has 0 aliphatic heterocycles. The van der Waals surface area contributed by atoms with E-state index in [1.807, 2.05) is 36.4 Å². The van der Waals surface area contributed by atoms with Gasteiger partial charge < -0.3 is 4.85 Å². The minimum Gasteiger partial charge on any atom is -0.360 e. The summed E-state index contributed by atoms with van der Waals surface area (Å²) >= 11 is 0. The van der Waals surface area contributed by atoms with E-state index < -0.39 is 8.07 Å². The molecule has 0 fully saturated rings. The van der Waals surface area contributed by atoms with Crippen LogP contribution in [0.3, 0.4) is 0 Å². The molecule has 0 N–H and O–H groups in total. The SMILES string of the molecule is [C-]#[N+]c1cc(-c2cccc([Si](c3ccccc3)(c3ccccc3)c3ccccc3)c2)nc(C#N)n1. The fourth-order valence-corrected chi connectivity index (χ4v) is 9.46. The highest BCUT2D eigenvalue weighted by molar-refractivity contribution is 7.19. The Balaban J connectivity index is 1.84. The molecule has 0 amide bonds. The standard InChI is InChI=1S/C30H20N4Si/c1-32-29-21-28(33-30(22-31)34-29)23-12-11-19-27(20-23)35(24-13-5-2-6-14-24,25-15-7-3-8-16-25)26-17-9-4-10-18-26/h2-21H. The third-order valence-electron chi connectivity index (χ3n) is 6.14. The zero-order chi connectivity index (χ0) is 24.1. The largest absolute Gasteiger partial charge is 0.360 e. The Bertz CT molecular complexity index is 1420. The third kappa shape index (κ3) is 4.02. The van der Waals surface area contributed by atoms with Crippen molar-refractivity contribution in [2.24, 2.45) is 0 Å². The summed E-state index contributed by atoms with van der Waals surface area (Å²) in [7, 11) is -2.68. The topological polar surface area (TPSA) is 53.9 Å². The van der Waals surface area contributed by atoms with Gasteiger partial charge in [0.1, 0.15) is 0 Å². The van der Waals surface area contributed by atoms with Gasteiger partial charge in [0.15, 0.2) is 14.1 Å². The van der Waals surface area contributed by atoms with E-state index in [2.05, 4.69) is 99.7 Å². The van der Waals surface area contributed by atoms with Crippen LogP contribution in [0.5, 0.6) is 0 Å². The number of nitrogens with zero attached hydrogens (tertiary/aromatic N) is 4. The summed E-state index contributed by atoms with van der Waals surface area (Å²) in [4.78, 5) is 11.8. The van der Waals surface area contributed by atoms with E-state index in [-0.39, 0.29) is 11.6 Å². The smallest absolute Gasteiger partial charge is 0.326 e. The Kier molecular flexibility index (Phi) is 6.01. The Morgan fingerprint density at radius 2 is 1.14 bits per heavy atom. The maximum atomic E-state index is 9.39. The molecule has 0 spiro atoms. The van der Waals surface area contributed by atoms with Gasteiger partial charge in [0, 0.05) is 0 Å². The number of hydrogen-bond donors (Lipinski definition) is 0. The van der Waals surface area contributed by atoms with Crippen molar-refractivity contribution >= 4 is 34.6 Å². The van der Waals surface area contributed by atoms with Gasteiger partial charge in [-0.1, -0.05) is 127 Å². The fraction of sp³-hybridized carbons (Fsp3) is 0. The number of benzene rings is 4. The highest BCUT2D eigenvalue weighted by Crippen LogP contribution is 2.22. The summed E-state index contributed by atoms with van der Waals surface area (Å²) in [5.41, 5.74) is 1.42. The van der Waals surface area contributed by atoms with Crippen molar-refractivity contribution in [3.63, 3.8) is 0 Å². The van der Waals surface area contributed by atoms with Gasteiger partial charge in [0.25, 0.3) is 5.82 Å². The predicted octanol–water partition coefficient (Wildman–Crippen LogP) is 3.94. The molecule has 5 rings (SSSR count). The van der Waals surface area contributed by atoms with Gasteiger partial charge >= 0.3 is 5.82 Å². The lowest BCUT2D eigenvalue weighted by molar-refractivity contribution is 1.13. The summed E-state index contributed by atoms with van der Waals surface area (Å²) in [6.07, 6.45) is 0. The van der Waals surface area contributed by atoms with Gasteiger partial charge in [-0.3, -0.25) is 0 Å². The van der Waals surface area contributed by atoms with Crippen molar-refractivity contribution in [3.8, 4) is 17.3 Å². The van der Waals surface area contributed by atoms with Gasteiger partial charge in [-0.25, -0.2) is 0 Å². The molecular formula is C30H20N4Si. The first kappa shape index (κ1) is 22.0. The van der Waals surface area contributed by atoms with E-state index in [1.165, 1.54) is 20.7 Å². The van der Waals surface area contributed by atoms with E-state index >= 15 is 0 Å². The average molecular weight is 465 g/mol. The van der Waals surface area contributed by atoms with Gasteiger partial charge in [0.2, 0.25) is 0 Å². The second-order valence-corrected chi connectivity index (χ2v) is 11.9. The van der Waals surface area contributed by atoms with Crippen LogP contribution in [0.25, 0.3) is 16.1 Å². The first-order valence-electron chi connectivity index (χ1n) is 11.2. The van der Waals surface area contributed by atoms with Gasteiger partial charge in [-0.2, -0.15) is 10.2 Å². The second kappa shape index (κ2) is 9.57. The van der Waals surface area contributed by atoms with E-state index in [0.29, 0.717) is 5.69 Å². The Hall–Kier alpha value is -4.84. The zero-order valence-electron chi connectivity index (χ0n) is 18.8. The van der Waals surface area contributed by atoms with Crippen molar-refractivity contribution in [1.82, 2.24) is 9.97 Å². The highest BCUT2D eigenvalue weighted by Gasteiger charge is 2.41. The molecule has 0 aliphatic carbocycles. The first-order valence-corrected chi connectivity index (χ1v) is 13.2. The molecule has 1 heterocycles. The molecule has 0 saturated carbocycles. The molecule has 0 aliphatic rings. The Morgan fingerprint density at radius 3 is 1.63 bits per heavy atom. The molecule has 0 saturated heterocycles. The molecule has 5 heteroatoms. The van der Waals surface area contributed by atoms with Crippen LogP contribution in [0, 0.1) is 17.9 Å². The number of nitriles is 1. The average Bonchev–Trinajstić information content (AvgIpc) is 2.95. The fourth-order valence-electron chi connectivity index (χ4n) is 4.67. The second-order valence-electron chi connectivity index (χ2n) is 8.09. The molecule has 0 unspecified atom stereocenters. The normalized spacial score (nSPS) is 10.8. The zero-order valence-corrected chi connectivity index (χ0v) is 19.8. The molecule has 35 heavy (non-hydrogen) atoms. The summed E-state index contributed by atoms with van der Waals surface area (Å²) in [6, 6.07) is 44.0. The van der Waals surface area contributed by atoms with Crippen molar-refractivity contribution in [2.75, 3.05) is 0 Å². The minimum absolute atomic E-state index is 0.00316. The lowest BCUT2D eigenvalue weighted by Gasteiger charge is -2.34. The van der Waals surface area contributed by atoms with Gasteiger partial charge in [-0.05, 0) is 32.4 Å².